The lowest BCUT2D eigenvalue weighted by molar-refractivity contribution is -0.137. The molecule has 1 fully saturated rings. The summed E-state index contributed by atoms with van der Waals surface area (Å²) in [5.74, 6) is -0.601. The SMILES string of the molecule is CN1CCN(Cc2ccc(-c3ccc(NC(=O)Nc4cc(C(F)(F)F)ccc4F)cc3)c3c(N)n[nH]c23)CC1. The van der Waals surface area contributed by atoms with Crippen molar-refractivity contribution in [2.45, 2.75) is 12.7 Å². The minimum absolute atomic E-state index is 0.367. The molecule has 204 valence electrons. The van der Waals surface area contributed by atoms with Crippen molar-refractivity contribution in [3.05, 3.63) is 71.5 Å². The minimum Gasteiger partial charge on any atom is -0.382 e. The molecule has 3 aromatic carbocycles. The van der Waals surface area contributed by atoms with Crippen molar-refractivity contribution < 1.29 is 22.4 Å². The number of halogens is 4. The molecule has 4 aromatic rings. The van der Waals surface area contributed by atoms with E-state index in [2.05, 4.69) is 43.7 Å². The molecule has 5 rings (SSSR count). The van der Waals surface area contributed by atoms with E-state index >= 15 is 0 Å². The molecule has 39 heavy (non-hydrogen) atoms. The third-order valence-electron chi connectivity index (χ3n) is 6.82. The number of carbonyl (C=O) groups excluding carboxylic acids is 1. The Labute approximate surface area is 221 Å². The third-order valence-corrected chi connectivity index (χ3v) is 6.82. The number of rotatable bonds is 5. The van der Waals surface area contributed by atoms with Gasteiger partial charge in [0.15, 0.2) is 5.82 Å². The van der Waals surface area contributed by atoms with Crippen LogP contribution in [0.15, 0.2) is 54.6 Å². The van der Waals surface area contributed by atoms with Crippen LogP contribution in [0.2, 0.25) is 0 Å². The van der Waals surface area contributed by atoms with Crippen molar-refractivity contribution in [1.29, 1.82) is 0 Å². The first-order chi connectivity index (χ1) is 18.6. The average molecular weight is 542 g/mol. The molecule has 0 spiro atoms. The van der Waals surface area contributed by atoms with Crippen LogP contribution in [0, 0.1) is 5.82 Å². The zero-order valence-electron chi connectivity index (χ0n) is 21.1. The van der Waals surface area contributed by atoms with Gasteiger partial charge in [-0.3, -0.25) is 10.00 Å². The quantitative estimate of drug-likeness (QED) is 0.255. The number of anilines is 3. The first-order valence-electron chi connectivity index (χ1n) is 12.3. The second-order valence-corrected chi connectivity index (χ2v) is 9.56. The van der Waals surface area contributed by atoms with E-state index in [9.17, 15) is 22.4 Å². The lowest BCUT2D eigenvalue weighted by Gasteiger charge is -2.32. The van der Waals surface area contributed by atoms with Gasteiger partial charge in [0.05, 0.1) is 22.2 Å². The summed E-state index contributed by atoms with van der Waals surface area (Å²) in [6.07, 6.45) is -4.66. The van der Waals surface area contributed by atoms with Crippen LogP contribution < -0.4 is 16.4 Å². The van der Waals surface area contributed by atoms with Crippen molar-refractivity contribution in [2.24, 2.45) is 0 Å². The molecular formula is C27H27F4N7O. The van der Waals surface area contributed by atoms with Crippen LogP contribution in [-0.4, -0.2) is 59.3 Å². The summed E-state index contributed by atoms with van der Waals surface area (Å²) in [5, 5.41) is 12.7. The fraction of sp³-hybridized carbons (Fsp3) is 0.259. The van der Waals surface area contributed by atoms with E-state index in [1.807, 2.05) is 6.07 Å². The number of alkyl halides is 3. The standard InChI is InChI=1S/C27H27F4N7O/c1-37-10-12-38(13-11-37)15-17-4-8-20(23-24(17)35-36-25(23)32)16-2-6-19(7-3-16)33-26(39)34-22-14-18(27(29,30)31)5-9-21(22)28/h2-9,14H,10-13,15H2,1H3,(H3,32,35,36)(H2,33,34,39). The molecule has 0 unspecified atom stereocenters. The number of hydrogen-bond acceptors (Lipinski definition) is 5. The normalized spacial score (nSPS) is 15.0. The highest BCUT2D eigenvalue weighted by molar-refractivity contribution is 6.03. The Balaban J connectivity index is 1.31. The first-order valence-corrected chi connectivity index (χ1v) is 12.3. The predicted molar refractivity (Wildman–Crippen MR) is 143 cm³/mol. The molecule has 1 aliphatic heterocycles. The van der Waals surface area contributed by atoms with Gasteiger partial charge in [0, 0.05) is 38.4 Å². The van der Waals surface area contributed by atoms with Gasteiger partial charge in [-0.2, -0.15) is 18.3 Å². The maximum absolute atomic E-state index is 14.0. The maximum Gasteiger partial charge on any atom is 0.416 e. The van der Waals surface area contributed by atoms with Crippen LogP contribution in [0.1, 0.15) is 11.1 Å². The monoisotopic (exact) mass is 541 g/mol. The minimum atomic E-state index is -4.66. The number of nitrogen functional groups attached to an aromatic ring is 1. The van der Waals surface area contributed by atoms with Crippen LogP contribution in [0.3, 0.4) is 0 Å². The Bertz CT molecular complexity index is 1490. The average Bonchev–Trinajstić information content (AvgIpc) is 3.29. The van der Waals surface area contributed by atoms with Crippen molar-refractivity contribution in [1.82, 2.24) is 20.0 Å². The number of H-pyrrole nitrogens is 1. The third kappa shape index (κ3) is 5.81. The smallest absolute Gasteiger partial charge is 0.382 e. The number of aromatic nitrogens is 2. The van der Waals surface area contributed by atoms with Gasteiger partial charge >= 0.3 is 12.2 Å². The first kappa shape index (κ1) is 26.4. The molecular weight excluding hydrogens is 514 g/mol. The van der Waals surface area contributed by atoms with Crippen LogP contribution in [0.4, 0.5) is 39.5 Å². The molecule has 0 aliphatic carbocycles. The van der Waals surface area contributed by atoms with Gasteiger partial charge < -0.3 is 21.3 Å². The number of amides is 2. The van der Waals surface area contributed by atoms with Gasteiger partial charge in [-0.05, 0) is 54.1 Å². The molecule has 1 aromatic heterocycles. The Kier molecular flexibility index (Phi) is 7.15. The molecule has 5 N–H and O–H groups in total. The number of likely N-dealkylation sites (N-methyl/N-ethyl adjacent to an activating group) is 1. The number of nitrogens with zero attached hydrogens (tertiary/aromatic N) is 3. The van der Waals surface area contributed by atoms with Gasteiger partial charge in [0.2, 0.25) is 0 Å². The summed E-state index contributed by atoms with van der Waals surface area (Å²) in [5.41, 5.74) is 8.60. The highest BCUT2D eigenvalue weighted by atomic mass is 19.4. The number of piperazine rings is 1. The van der Waals surface area contributed by atoms with Crippen molar-refractivity contribution in [3.8, 4) is 11.1 Å². The van der Waals surface area contributed by atoms with Crippen molar-refractivity contribution in [3.63, 3.8) is 0 Å². The van der Waals surface area contributed by atoms with E-state index in [4.69, 9.17) is 5.73 Å². The highest BCUT2D eigenvalue weighted by Crippen LogP contribution is 2.35. The Morgan fingerprint density at radius 1 is 1.03 bits per heavy atom. The summed E-state index contributed by atoms with van der Waals surface area (Å²) in [4.78, 5) is 17.0. The van der Waals surface area contributed by atoms with E-state index in [-0.39, 0.29) is 0 Å². The number of aromatic amines is 1. The molecule has 2 heterocycles. The summed E-state index contributed by atoms with van der Waals surface area (Å²) in [7, 11) is 2.11. The predicted octanol–water partition coefficient (Wildman–Crippen LogP) is 5.36. The van der Waals surface area contributed by atoms with E-state index in [1.165, 1.54) is 0 Å². The Morgan fingerprint density at radius 3 is 2.44 bits per heavy atom. The lowest BCUT2D eigenvalue weighted by atomic mass is 9.98. The molecule has 12 heteroatoms. The van der Waals surface area contributed by atoms with Crippen LogP contribution in [-0.2, 0) is 12.7 Å². The molecule has 1 aliphatic rings. The lowest BCUT2D eigenvalue weighted by Crippen LogP contribution is -2.43. The molecule has 0 saturated carbocycles. The Morgan fingerprint density at radius 2 is 1.74 bits per heavy atom. The maximum atomic E-state index is 14.0. The van der Waals surface area contributed by atoms with E-state index in [1.54, 1.807) is 24.3 Å². The number of urea groups is 1. The zero-order chi connectivity index (χ0) is 27.7. The van der Waals surface area contributed by atoms with Crippen LogP contribution >= 0.6 is 0 Å². The molecule has 2 amide bonds. The van der Waals surface area contributed by atoms with Gasteiger partial charge in [0.25, 0.3) is 0 Å². The summed E-state index contributed by atoms with van der Waals surface area (Å²) in [6.45, 7) is 4.76. The fourth-order valence-corrected chi connectivity index (χ4v) is 4.65. The topological polar surface area (TPSA) is 102 Å². The highest BCUT2D eigenvalue weighted by Gasteiger charge is 2.31. The second kappa shape index (κ2) is 10.5. The largest absolute Gasteiger partial charge is 0.416 e. The summed E-state index contributed by atoms with van der Waals surface area (Å²) in [6, 6.07) is 11.8. The van der Waals surface area contributed by atoms with Gasteiger partial charge in [-0.15, -0.1) is 0 Å². The second-order valence-electron chi connectivity index (χ2n) is 9.56. The van der Waals surface area contributed by atoms with Crippen molar-refractivity contribution in [2.75, 3.05) is 49.6 Å². The number of nitrogens with one attached hydrogen (secondary N) is 3. The molecule has 0 bridgehead atoms. The molecule has 1 saturated heterocycles. The number of nitrogens with two attached hydrogens (primary N) is 1. The number of carbonyl (C=O) groups is 1. The van der Waals surface area contributed by atoms with Gasteiger partial charge in [-0.25, -0.2) is 9.18 Å². The summed E-state index contributed by atoms with van der Waals surface area (Å²) < 4.78 is 52.8. The molecule has 0 atom stereocenters. The van der Waals surface area contributed by atoms with Gasteiger partial charge in [-0.1, -0.05) is 24.3 Å². The molecule has 8 nitrogen and oxygen atoms in total. The number of fused-ring (bicyclic) bond motifs is 1. The van der Waals surface area contributed by atoms with Crippen molar-refractivity contribution >= 4 is 34.1 Å². The Hall–Kier alpha value is -4.16. The number of benzene rings is 3. The summed E-state index contributed by atoms with van der Waals surface area (Å²) >= 11 is 0. The van der Waals surface area contributed by atoms with Crippen LogP contribution in [0.25, 0.3) is 22.0 Å². The van der Waals surface area contributed by atoms with Gasteiger partial charge in [0.1, 0.15) is 5.82 Å². The van der Waals surface area contributed by atoms with E-state index in [0.717, 1.165) is 60.3 Å². The molecule has 0 radical (unpaired) electrons. The fourth-order valence-electron chi connectivity index (χ4n) is 4.65. The zero-order valence-corrected chi connectivity index (χ0v) is 21.1. The number of hydrogen-bond donors (Lipinski definition) is 4. The van der Waals surface area contributed by atoms with E-state index in [0.29, 0.717) is 29.7 Å². The van der Waals surface area contributed by atoms with Crippen LogP contribution in [0.5, 0.6) is 0 Å². The van der Waals surface area contributed by atoms with E-state index < -0.39 is 29.3 Å².